The molecule has 8 nitrogen and oxygen atoms in total. The van der Waals surface area contributed by atoms with Crippen molar-refractivity contribution in [2.24, 2.45) is 0 Å². The highest BCUT2D eigenvalue weighted by Crippen LogP contribution is 2.23. The number of nitrogens with one attached hydrogen (secondary N) is 1. The number of carboxylic acid groups (broad SMARTS) is 1. The van der Waals surface area contributed by atoms with Gasteiger partial charge in [0.2, 0.25) is 5.91 Å². The third-order valence-electron chi connectivity index (χ3n) is 4.13. The van der Waals surface area contributed by atoms with Crippen molar-refractivity contribution >= 4 is 29.4 Å². The smallest absolute Gasteiger partial charge is 0.407 e. The molecule has 2 N–H and O–H groups in total. The van der Waals surface area contributed by atoms with E-state index in [0.717, 1.165) is 11.4 Å². The minimum Gasteiger partial charge on any atom is -0.465 e. The summed E-state index contributed by atoms with van der Waals surface area (Å²) in [5.41, 5.74) is 1.73. The second-order valence-corrected chi connectivity index (χ2v) is 5.53. The van der Waals surface area contributed by atoms with Gasteiger partial charge in [0.05, 0.1) is 0 Å². The third-order valence-corrected chi connectivity index (χ3v) is 4.13. The number of hydrogen-bond acceptors (Lipinski definition) is 4. The predicted octanol–water partition coefficient (Wildman–Crippen LogP) is 0.933. The summed E-state index contributed by atoms with van der Waals surface area (Å²) in [7, 11) is 0. The van der Waals surface area contributed by atoms with E-state index < -0.39 is 12.1 Å². The van der Waals surface area contributed by atoms with Gasteiger partial charge in [-0.1, -0.05) is 0 Å². The predicted molar refractivity (Wildman–Crippen MR) is 83.8 cm³/mol. The number of nitrogens with zero attached hydrogens (tertiary/aromatic N) is 3. The Morgan fingerprint density at radius 3 is 2.13 bits per heavy atom. The van der Waals surface area contributed by atoms with E-state index in [-0.39, 0.29) is 5.91 Å². The van der Waals surface area contributed by atoms with Crippen molar-refractivity contribution in [3.8, 4) is 0 Å². The van der Waals surface area contributed by atoms with E-state index in [0.29, 0.717) is 39.1 Å². The Kier molecular flexibility index (Phi) is 4.05. The Labute approximate surface area is 133 Å². The molecule has 3 rings (SSSR count). The molecular weight excluding hydrogens is 300 g/mol. The average Bonchev–Trinajstić information content (AvgIpc) is 2.55. The van der Waals surface area contributed by atoms with Crippen molar-refractivity contribution in [3.05, 3.63) is 24.3 Å². The summed E-state index contributed by atoms with van der Waals surface area (Å²) in [5.74, 6) is -0.251. The molecule has 2 saturated heterocycles. The molecule has 2 heterocycles. The number of hydrogen-bond donors (Lipinski definition) is 2. The van der Waals surface area contributed by atoms with Gasteiger partial charge < -0.3 is 14.9 Å². The number of imide groups is 1. The van der Waals surface area contributed by atoms with E-state index in [1.165, 1.54) is 9.80 Å². The van der Waals surface area contributed by atoms with Gasteiger partial charge >= 0.3 is 12.1 Å². The summed E-state index contributed by atoms with van der Waals surface area (Å²) < 4.78 is 0. The highest BCUT2D eigenvalue weighted by atomic mass is 16.4. The molecule has 0 spiro atoms. The number of benzene rings is 1. The summed E-state index contributed by atoms with van der Waals surface area (Å²) >= 11 is 0. The highest BCUT2D eigenvalue weighted by Gasteiger charge is 2.25. The summed E-state index contributed by atoms with van der Waals surface area (Å²) in [6, 6.07) is 7.11. The van der Waals surface area contributed by atoms with Crippen molar-refractivity contribution in [1.82, 2.24) is 10.2 Å². The molecule has 1 aromatic carbocycles. The van der Waals surface area contributed by atoms with Crippen LogP contribution in [0.4, 0.5) is 21.0 Å². The summed E-state index contributed by atoms with van der Waals surface area (Å²) in [6.45, 7) is 2.62. The Balaban J connectivity index is 1.65. The first-order chi connectivity index (χ1) is 11.0. The maximum atomic E-state index is 11.8. The Bertz CT molecular complexity index is 623. The SMILES string of the molecule is O=C1CCN(c2ccc(N3CCN(C(=O)O)CC3)cc2)C(=O)N1. The topological polar surface area (TPSA) is 93.2 Å². The van der Waals surface area contributed by atoms with Gasteiger partial charge in [0, 0.05) is 50.5 Å². The van der Waals surface area contributed by atoms with Crippen LogP contribution in [0.5, 0.6) is 0 Å². The van der Waals surface area contributed by atoms with Gasteiger partial charge in [0.15, 0.2) is 0 Å². The molecule has 2 fully saturated rings. The Morgan fingerprint density at radius 2 is 1.57 bits per heavy atom. The number of carbonyl (C=O) groups excluding carboxylic acids is 2. The normalized spacial score (nSPS) is 18.9. The molecule has 2 aliphatic heterocycles. The molecule has 0 aromatic heterocycles. The lowest BCUT2D eigenvalue weighted by Crippen LogP contribution is -2.49. The number of rotatable bonds is 2. The van der Waals surface area contributed by atoms with Crippen LogP contribution >= 0.6 is 0 Å². The van der Waals surface area contributed by atoms with Crippen molar-refractivity contribution in [1.29, 1.82) is 0 Å². The molecule has 0 saturated carbocycles. The van der Waals surface area contributed by atoms with E-state index in [9.17, 15) is 14.4 Å². The van der Waals surface area contributed by atoms with E-state index in [4.69, 9.17) is 5.11 Å². The lowest BCUT2D eigenvalue weighted by atomic mass is 10.2. The summed E-state index contributed by atoms with van der Waals surface area (Å²) in [4.78, 5) is 39.0. The lowest BCUT2D eigenvalue weighted by Gasteiger charge is -2.35. The van der Waals surface area contributed by atoms with Gasteiger partial charge in [-0.15, -0.1) is 0 Å². The van der Waals surface area contributed by atoms with E-state index in [2.05, 4.69) is 10.2 Å². The first-order valence-corrected chi connectivity index (χ1v) is 7.49. The Hall–Kier alpha value is -2.77. The van der Waals surface area contributed by atoms with Gasteiger partial charge in [-0.3, -0.25) is 15.0 Å². The van der Waals surface area contributed by atoms with Gasteiger partial charge in [-0.05, 0) is 24.3 Å². The highest BCUT2D eigenvalue weighted by molar-refractivity contribution is 6.05. The number of anilines is 2. The molecule has 0 atom stereocenters. The number of carbonyl (C=O) groups is 3. The van der Waals surface area contributed by atoms with Crippen LogP contribution in [0.2, 0.25) is 0 Å². The van der Waals surface area contributed by atoms with Crippen LogP contribution in [0.15, 0.2) is 24.3 Å². The van der Waals surface area contributed by atoms with Crippen LogP contribution in [-0.4, -0.2) is 60.8 Å². The maximum absolute atomic E-state index is 11.8. The van der Waals surface area contributed by atoms with Crippen LogP contribution in [0, 0.1) is 0 Å². The Morgan fingerprint density at radius 1 is 0.957 bits per heavy atom. The van der Waals surface area contributed by atoms with Gasteiger partial charge in [-0.25, -0.2) is 9.59 Å². The average molecular weight is 318 g/mol. The number of piperazine rings is 1. The quantitative estimate of drug-likeness (QED) is 0.846. The zero-order valence-corrected chi connectivity index (χ0v) is 12.6. The van der Waals surface area contributed by atoms with Crippen molar-refractivity contribution < 1.29 is 19.5 Å². The van der Waals surface area contributed by atoms with E-state index >= 15 is 0 Å². The zero-order chi connectivity index (χ0) is 16.4. The van der Waals surface area contributed by atoms with Crippen LogP contribution in [0.25, 0.3) is 0 Å². The third kappa shape index (κ3) is 3.20. The second kappa shape index (κ2) is 6.15. The first-order valence-electron chi connectivity index (χ1n) is 7.49. The largest absolute Gasteiger partial charge is 0.465 e. The number of amides is 4. The molecule has 0 bridgehead atoms. The molecule has 0 unspecified atom stereocenters. The minimum absolute atomic E-state index is 0.251. The fourth-order valence-electron chi connectivity index (χ4n) is 2.81. The second-order valence-electron chi connectivity index (χ2n) is 5.53. The van der Waals surface area contributed by atoms with Gasteiger partial charge in [0.1, 0.15) is 0 Å². The molecule has 122 valence electrons. The van der Waals surface area contributed by atoms with Gasteiger partial charge in [-0.2, -0.15) is 0 Å². The maximum Gasteiger partial charge on any atom is 0.407 e. The van der Waals surface area contributed by atoms with E-state index in [1.807, 2.05) is 24.3 Å². The van der Waals surface area contributed by atoms with Crippen molar-refractivity contribution in [3.63, 3.8) is 0 Å². The molecule has 0 aliphatic carbocycles. The molecule has 23 heavy (non-hydrogen) atoms. The molecule has 2 aliphatic rings. The lowest BCUT2D eigenvalue weighted by molar-refractivity contribution is -0.120. The molecule has 0 radical (unpaired) electrons. The first kappa shape index (κ1) is 15.1. The molecule has 1 aromatic rings. The molecule has 8 heteroatoms. The van der Waals surface area contributed by atoms with Crippen molar-refractivity contribution in [2.75, 3.05) is 42.5 Å². The fraction of sp³-hybridized carbons (Fsp3) is 0.400. The zero-order valence-electron chi connectivity index (χ0n) is 12.6. The number of urea groups is 1. The molecular formula is C15H18N4O4. The van der Waals surface area contributed by atoms with Gasteiger partial charge in [0.25, 0.3) is 0 Å². The summed E-state index contributed by atoms with van der Waals surface area (Å²) in [6.07, 6.45) is -0.587. The molecule has 4 amide bonds. The minimum atomic E-state index is -0.884. The van der Waals surface area contributed by atoms with Crippen LogP contribution in [0.3, 0.4) is 0 Å². The van der Waals surface area contributed by atoms with Crippen LogP contribution in [0.1, 0.15) is 6.42 Å². The van der Waals surface area contributed by atoms with Crippen molar-refractivity contribution in [2.45, 2.75) is 6.42 Å². The summed E-state index contributed by atoms with van der Waals surface area (Å²) in [5, 5.41) is 11.3. The standard InChI is InChI=1S/C15H18N4O4/c20-13-5-6-19(14(21)16-13)12-3-1-11(2-4-12)17-7-9-18(10-8-17)15(22)23/h1-4H,5-10H2,(H,22,23)(H,16,20,21). The monoisotopic (exact) mass is 318 g/mol. The fourth-order valence-corrected chi connectivity index (χ4v) is 2.81. The van der Waals surface area contributed by atoms with E-state index in [1.54, 1.807) is 0 Å². The van der Waals surface area contributed by atoms with Crippen LogP contribution in [-0.2, 0) is 4.79 Å². The van der Waals surface area contributed by atoms with Crippen LogP contribution < -0.4 is 15.1 Å².